The van der Waals surface area contributed by atoms with Gasteiger partial charge in [0.2, 0.25) is 11.8 Å². The van der Waals surface area contributed by atoms with Crippen LogP contribution in [0.4, 0.5) is 4.39 Å². The van der Waals surface area contributed by atoms with Crippen molar-refractivity contribution < 1.29 is 18.3 Å². The lowest BCUT2D eigenvalue weighted by Crippen LogP contribution is -2.38. The number of hydrogen-bond acceptors (Lipinski definition) is 4. The van der Waals surface area contributed by atoms with E-state index in [9.17, 15) is 9.18 Å². The fourth-order valence-electron chi connectivity index (χ4n) is 4.29. The van der Waals surface area contributed by atoms with Gasteiger partial charge in [-0.25, -0.2) is 9.07 Å². The van der Waals surface area contributed by atoms with Crippen molar-refractivity contribution in [3.63, 3.8) is 0 Å². The van der Waals surface area contributed by atoms with Crippen molar-refractivity contribution in [2.75, 3.05) is 0 Å². The Hall–Kier alpha value is -3.87. The summed E-state index contributed by atoms with van der Waals surface area (Å²) in [5, 5.41) is 4.82. The third-order valence-electron chi connectivity index (χ3n) is 6.43. The topological polar surface area (TPSA) is 60.5 Å². The number of halogens is 1. The van der Waals surface area contributed by atoms with E-state index in [1.165, 1.54) is 12.1 Å². The molecule has 5 rings (SSSR count). The second-order valence-corrected chi connectivity index (χ2v) is 8.79. The molecule has 0 unspecified atom stereocenters. The molecule has 2 heterocycles. The summed E-state index contributed by atoms with van der Waals surface area (Å²) in [7, 11) is 0. The predicted octanol–water partition coefficient (Wildman–Crippen LogP) is 6.29. The molecule has 0 radical (unpaired) electrons. The quantitative estimate of drug-likeness (QED) is 0.287. The minimum atomic E-state index is -0.321. The van der Waals surface area contributed by atoms with Crippen molar-refractivity contribution in [1.82, 2.24) is 14.7 Å². The van der Waals surface area contributed by atoms with Gasteiger partial charge in [-0.1, -0.05) is 31.5 Å². The van der Waals surface area contributed by atoms with E-state index < -0.39 is 0 Å². The van der Waals surface area contributed by atoms with Gasteiger partial charge in [0.15, 0.2) is 0 Å². The summed E-state index contributed by atoms with van der Waals surface area (Å²) in [6.45, 7) is 2.73. The number of hydrogen-bond donors (Lipinski definition) is 0. The smallest absolute Gasteiger partial charge is 0.227 e. The van der Waals surface area contributed by atoms with E-state index >= 15 is 0 Å². The van der Waals surface area contributed by atoms with Crippen molar-refractivity contribution in [2.45, 2.75) is 45.7 Å². The monoisotopic (exact) mass is 473 g/mol. The zero-order valence-corrected chi connectivity index (χ0v) is 19.7. The molecule has 0 spiro atoms. The molecule has 180 valence electrons. The predicted molar refractivity (Wildman–Crippen MR) is 130 cm³/mol. The molecule has 7 heteroatoms. The number of rotatable bonds is 9. The van der Waals surface area contributed by atoms with Crippen LogP contribution in [-0.4, -0.2) is 20.6 Å². The summed E-state index contributed by atoms with van der Waals surface area (Å²) in [5.74, 6) is 1.74. The molecule has 1 amide bonds. The molecule has 1 fully saturated rings. The van der Waals surface area contributed by atoms with Crippen LogP contribution in [0.15, 0.2) is 77.4 Å². The summed E-state index contributed by atoms with van der Waals surface area (Å²) >= 11 is 0. The highest BCUT2D eigenvalue weighted by atomic mass is 19.1. The molecular formula is C28H28FN3O3. The van der Waals surface area contributed by atoms with E-state index in [0.29, 0.717) is 36.8 Å². The number of aryl methyl sites for hydroxylation is 1. The van der Waals surface area contributed by atoms with Crippen LogP contribution < -0.4 is 4.74 Å². The molecule has 1 aliphatic carbocycles. The third-order valence-corrected chi connectivity index (χ3v) is 6.43. The Bertz CT molecular complexity index is 1260. The van der Waals surface area contributed by atoms with Crippen molar-refractivity contribution in [2.24, 2.45) is 5.92 Å². The van der Waals surface area contributed by atoms with Crippen LogP contribution >= 0.6 is 0 Å². The molecule has 4 aromatic rings. The van der Waals surface area contributed by atoms with Crippen LogP contribution in [0, 0.1) is 11.7 Å². The Morgan fingerprint density at radius 2 is 1.86 bits per heavy atom. The van der Waals surface area contributed by atoms with E-state index in [0.717, 1.165) is 36.3 Å². The van der Waals surface area contributed by atoms with Gasteiger partial charge in [0.1, 0.15) is 17.3 Å². The summed E-state index contributed by atoms with van der Waals surface area (Å²) in [4.78, 5) is 15.3. The van der Waals surface area contributed by atoms with Gasteiger partial charge in [0.25, 0.3) is 0 Å². The fraction of sp³-hybridized carbons (Fsp3) is 0.286. The highest BCUT2D eigenvalue weighted by Crippen LogP contribution is 2.34. The maximum atomic E-state index is 13.6. The number of amides is 1. The minimum absolute atomic E-state index is 0.0423. The van der Waals surface area contributed by atoms with Gasteiger partial charge in [-0.2, -0.15) is 5.10 Å². The zero-order valence-electron chi connectivity index (χ0n) is 19.7. The largest absolute Gasteiger partial charge is 0.467 e. The van der Waals surface area contributed by atoms with E-state index in [-0.39, 0.29) is 17.6 Å². The van der Waals surface area contributed by atoms with Crippen molar-refractivity contribution >= 4 is 5.91 Å². The van der Waals surface area contributed by atoms with E-state index in [4.69, 9.17) is 14.3 Å². The van der Waals surface area contributed by atoms with Crippen molar-refractivity contribution in [1.29, 1.82) is 0 Å². The molecule has 6 nitrogen and oxygen atoms in total. The first-order valence-corrected chi connectivity index (χ1v) is 12.0. The minimum Gasteiger partial charge on any atom is -0.467 e. The van der Waals surface area contributed by atoms with Crippen LogP contribution in [0.2, 0.25) is 0 Å². The fourth-order valence-corrected chi connectivity index (χ4v) is 4.29. The number of ether oxygens (including phenoxy) is 1. The van der Waals surface area contributed by atoms with Crippen LogP contribution in [0.3, 0.4) is 0 Å². The first-order valence-electron chi connectivity index (χ1n) is 12.0. The van der Waals surface area contributed by atoms with Gasteiger partial charge >= 0.3 is 0 Å². The number of para-hydroxylation sites is 1. The number of carbonyl (C=O) groups is 1. The number of carbonyl (C=O) groups excluding carboxylic acids is 1. The summed E-state index contributed by atoms with van der Waals surface area (Å²) in [5.41, 5.74) is 2.34. The Labute approximate surface area is 203 Å². The summed E-state index contributed by atoms with van der Waals surface area (Å²) in [6, 6.07) is 19.3. The van der Waals surface area contributed by atoms with Gasteiger partial charge in [-0.3, -0.25) is 4.79 Å². The normalized spacial score (nSPS) is 13.4. The van der Waals surface area contributed by atoms with Gasteiger partial charge in [-0.05, 0) is 67.8 Å². The van der Waals surface area contributed by atoms with E-state index in [1.54, 1.807) is 23.1 Å². The lowest BCUT2D eigenvalue weighted by atomic mass is 9.84. The second kappa shape index (κ2) is 10.2. The molecule has 0 saturated heterocycles. The van der Waals surface area contributed by atoms with Gasteiger partial charge in [-0.15, -0.1) is 0 Å². The Kier molecular flexibility index (Phi) is 6.66. The lowest BCUT2D eigenvalue weighted by Gasteiger charge is -2.31. The van der Waals surface area contributed by atoms with Crippen molar-refractivity contribution in [3.8, 4) is 17.3 Å². The molecule has 0 bridgehead atoms. The Morgan fingerprint density at radius 1 is 1.09 bits per heavy atom. The number of benzene rings is 2. The van der Waals surface area contributed by atoms with E-state index in [2.05, 4.69) is 0 Å². The number of aromatic nitrogens is 2. The molecule has 0 N–H and O–H groups in total. The van der Waals surface area contributed by atoms with Gasteiger partial charge in [0, 0.05) is 5.92 Å². The first kappa shape index (κ1) is 22.9. The molecule has 2 aromatic heterocycles. The van der Waals surface area contributed by atoms with Crippen LogP contribution in [0.1, 0.15) is 43.2 Å². The summed E-state index contributed by atoms with van der Waals surface area (Å²) < 4.78 is 27.3. The zero-order chi connectivity index (χ0) is 24.2. The molecule has 35 heavy (non-hydrogen) atoms. The first-order chi connectivity index (χ1) is 17.1. The summed E-state index contributed by atoms with van der Waals surface area (Å²) in [6.07, 6.45) is 5.18. The molecule has 2 aromatic carbocycles. The number of furan rings is 1. The van der Waals surface area contributed by atoms with E-state index in [1.807, 2.05) is 54.3 Å². The van der Waals surface area contributed by atoms with Gasteiger partial charge < -0.3 is 14.1 Å². The number of nitrogens with zero attached hydrogens (tertiary/aromatic N) is 3. The molecular weight excluding hydrogens is 445 g/mol. The molecule has 1 aliphatic rings. The maximum Gasteiger partial charge on any atom is 0.227 e. The average molecular weight is 474 g/mol. The Balaban J connectivity index is 1.57. The average Bonchev–Trinajstić information content (AvgIpc) is 3.47. The maximum absolute atomic E-state index is 13.6. The van der Waals surface area contributed by atoms with Crippen LogP contribution in [0.25, 0.3) is 5.69 Å². The van der Waals surface area contributed by atoms with Gasteiger partial charge in [0.05, 0.1) is 36.3 Å². The van der Waals surface area contributed by atoms with Crippen molar-refractivity contribution in [3.05, 3.63) is 95.8 Å². The molecule has 0 atom stereocenters. The molecule has 1 saturated carbocycles. The Morgan fingerprint density at radius 3 is 2.49 bits per heavy atom. The standard InChI is InChI=1S/C28H28FN3O3/c1-2-26-25(19-31(18-24-12-7-17-34-24)27(33)20-8-6-9-20)28(35-23-10-4-3-5-11-23)32(30-26)22-15-13-21(29)14-16-22/h3-5,7,10-17,20H,2,6,8-9,18-19H2,1H3. The third kappa shape index (κ3) is 4.99. The molecule has 0 aliphatic heterocycles. The van der Waals surface area contributed by atoms with Crippen LogP contribution in [-0.2, 0) is 24.3 Å². The van der Waals surface area contributed by atoms with Crippen LogP contribution in [0.5, 0.6) is 11.6 Å². The highest BCUT2D eigenvalue weighted by molar-refractivity contribution is 5.79. The second-order valence-electron chi connectivity index (χ2n) is 8.79. The lowest BCUT2D eigenvalue weighted by molar-refractivity contribution is -0.139. The SMILES string of the molecule is CCc1nn(-c2ccc(F)cc2)c(Oc2ccccc2)c1CN(Cc1ccco1)C(=O)C1CCC1. The highest BCUT2D eigenvalue weighted by Gasteiger charge is 2.32.